The molecule has 0 bridgehead atoms. The quantitative estimate of drug-likeness (QED) is 0.539. The molecule has 3 nitrogen and oxygen atoms in total. The summed E-state index contributed by atoms with van der Waals surface area (Å²) in [6.45, 7) is 5.34. The molecule has 0 aliphatic rings. The maximum Gasteiger partial charge on any atom is 0.188 e. The number of methoxy groups -OCH3 is 1. The standard InChI is InChI=1S/C14H20O3/c1-11(2)12-4-6-13(7-5-12)14(15)10-17-9-8-16-3/h4-7,11H,8-10H2,1-3H3. The predicted octanol–water partition coefficient (Wildman–Crippen LogP) is 2.66. The molecule has 1 aromatic rings. The Morgan fingerprint density at radius 2 is 1.82 bits per heavy atom. The summed E-state index contributed by atoms with van der Waals surface area (Å²) in [5.74, 6) is 0.494. The van der Waals surface area contributed by atoms with Crippen LogP contribution in [0.25, 0.3) is 0 Å². The average molecular weight is 236 g/mol. The van der Waals surface area contributed by atoms with Crippen molar-refractivity contribution in [3.63, 3.8) is 0 Å². The van der Waals surface area contributed by atoms with E-state index < -0.39 is 0 Å². The molecule has 0 amide bonds. The normalized spacial score (nSPS) is 10.8. The van der Waals surface area contributed by atoms with E-state index in [1.54, 1.807) is 7.11 Å². The van der Waals surface area contributed by atoms with Crippen LogP contribution in [0.1, 0.15) is 35.7 Å². The van der Waals surface area contributed by atoms with Crippen molar-refractivity contribution >= 4 is 5.78 Å². The third-order valence-corrected chi connectivity index (χ3v) is 2.56. The Balaban J connectivity index is 2.46. The lowest BCUT2D eigenvalue weighted by atomic mass is 10.0. The molecule has 0 radical (unpaired) electrons. The van der Waals surface area contributed by atoms with E-state index in [9.17, 15) is 4.79 Å². The zero-order chi connectivity index (χ0) is 12.7. The van der Waals surface area contributed by atoms with Crippen molar-refractivity contribution in [1.82, 2.24) is 0 Å². The molecule has 0 fully saturated rings. The molecule has 1 rings (SSSR count). The molecule has 94 valence electrons. The van der Waals surface area contributed by atoms with Crippen molar-refractivity contribution in [2.24, 2.45) is 0 Å². The first-order chi connectivity index (χ1) is 8.15. The number of ether oxygens (including phenoxy) is 2. The van der Waals surface area contributed by atoms with Crippen molar-refractivity contribution in [2.45, 2.75) is 19.8 Å². The molecule has 1 aromatic carbocycles. The van der Waals surface area contributed by atoms with Crippen molar-refractivity contribution in [2.75, 3.05) is 26.9 Å². The maximum absolute atomic E-state index is 11.7. The SMILES string of the molecule is COCCOCC(=O)c1ccc(C(C)C)cc1. The van der Waals surface area contributed by atoms with E-state index in [0.29, 0.717) is 24.7 Å². The zero-order valence-corrected chi connectivity index (χ0v) is 10.7. The van der Waals surface area contributed by atoms with Crippen LogP contribution in [0.15, 0.2) is 24.3 Å². The van der Waals surface area contributed by atoms with Gasteiger partial charge in [0.1, 0.15) is 6.61 Å². The number of Topliss-reactive ketones (excluding diaryl/α,β-unsaturated/α-hetero) is 1. The van der Waals surface area contributed by atoms with Gasteiger partial charge in [0.05, 0.1) is 13.2 Å². The van der Waals surface area contributed by atoms with Crippen molar-refractivity contribution in [3.8, 4) is 0 Å². The second kappa shape index (κ2) is 7.20. The Morgan fingerprint density at radius 3 is 2.35 bits per heavy atom. The van der Waals surface area contributed by atoms with Crippen LogP contribution in [0.5, 0.6) is 0 Å². The summed E-state index contributed by atoms with van der Waals surface area (Å²) < 4.78 is 10.0. The predicted molar refractivity (Wildman–Crippen MR) is 67.6 cm³/mol. The van der Waals surface area contributed by atoms with Gasteiger partial charge in [0.25, 0.3) is 0 Å². The summed E-state index contributed by atoms with van der Waals surface area (Å²) in [5, 5.41) is 0. The first kappa shape index (κ1) is 13.9. The van der Waals surface area contributed by atoms with Gasteiger partial charge in [-0.2, -0.15) is 0 Å². The van der Waals surface area contributed by atoms with Gasteiger partial charge in [0.2, 0.25) is 0 Å². The van der Waals surface area contributed by atoms with Gasteiger partial charge in [0.15, 0.2) is 5.78 Å². The van der Waals surface area contributed by atoms with Gasteiger partial charge in [-0.1, -0.05) is 38.1 Å². The second-order valence-corrected chi connectivity index (χ2v) is 4.25. The van der Waals surface area contributed by atoms with Crippen LogP contribution in [0.4, 0.5) is 0 Å². The summed E-state index contributed by atoms with van der Waals surface area (Å²) >= 11 is 0. The van der Waals surface area contributed by atoms with Crippen LogP contribution in [-0.4, -0.2) is 32.7 Å². The summed E-state index contributed by atoms with van der Waals surface area (Å²) in [6, 6.07) is 7.70. The number of rotatable bonds is 7. The zero-order valence-electron chi connectivity index (χ0n) is 10.7. The van der Waals surface area contributed by atoms with E-state index in [0.717, 1.165) is 0 Å². The lowest BCUT2D eigenvalue weighted by Gasteiger charge is -2.06. The first-order valence-corrected chi connectivity index (χ1v) is 5.85. The minimum Gasteiger partial charge on any atom is -0.382 e. The van der Waals surface area contributed by atoms with Crippen LogP contribution in [-0.2, 0) is 9.47 Å². The third kappa shape index (κ3) is 4.67. The van der Waals surface area contributed by atoms with Gasteiger partial charge >= 0.3 is 0 Å². The molecule has 0 heterocycles. The van der Waals surface area contributed by atoms with E-state index in [1.165, 1.54) is 5.56 Å². The molecule has 0 atom stereocenters. The fourth-order valence-electron chi connectivity index (χ4n) is 1.44. The molecule has 0 spiro atoms. The lowest BCUT2D eigenvalue weighted by molar-refractivity contribution is 0.0577. The summed E-state index contributed by atoms with van der Waals surface area (Å²) in [6.07, 6.45) is 0. The molecule has 0 aliphatic heterocycles. The van der Waals surface area contributed by atoms with E-state index in [2.05, 4.69) is 13.8 Å². The molecular weight excluding hydrogens is 216 g/mol. The van der Waals surface area contributed by atoms with Crippen LogP contribution < -0.4 is 0 Å². The summed E-state index contributed by atoms with van der Waals surface area (Å²) in [4.78, 5) is 11.7. The highest BCUT2D eigenvalue weighted by molar-refractivity contribution is 5.97. The fraction of sp³-hybridized carbons (Fsp3) is 0.500. The number of hydrogen-bond acceptors (Lipinski definition) is 3. The second-order valence-electron chi connectivity index (χ2n) is 4.25. The Kier molecular flexibility index (Phi) is 5.87. The molecule has 3 heteroatoms. The number of carbonyl (C=O) groups excluding carboxylic acids is 1. The van der Waals surface area contributed by atoms with Crippen LogP contribution in [0.3, 0.4) is 0 Å². The van der Waals surface area contributed by atoms with Gasteiger partial charge in [-0.05, 0) is 11.5 Å². The van der Waals surface area contributed by atoms with Gasteiger partial charge in [-0.25, -0.2) is 0 Å². The molecule has 0 saturated heterocycles. The summed E-state index contributed by atoms with van der Waals surface area (Å²) in [5.41, 5.74) is 1.94. The van der Waals surface area contributed by atoms with Gasteiger partial charge < -0.3 is 9.47 Å². The van der Waals surface area contributed by atoms with Crippen LogP contribution in [0.2, 0.25) is 0 Å². The molecule has 17 heavy (non-hydrogen) atoms. The average Bonchev–Trinajstić information content (AvgIpc) is 2.34. The van der Waals surface area contributed by atoms with E-state index in [-0.39, 0.29) is 12.4 Å². The van der Waals surface area contributed by atoms with Crippen molar-refractivity contribution in [3.05, 3.63) is 35.4 Å². The highest BCUT2D eigenvalue weighted by Gasteiger charge is 2.06. The molecule has 0 aliphatic carbocycles. The Morgan fingerprint density at radius 1 is 1.18 bits per heavy atom. The topological polar surface area (TPSA) is 35.5 Å². The first-order valence-electron chi connectivity index (χ1n) is 5.85. The fourth-order valence-corrected chi connectivity index (χ4v) is 1.44. The monoisotopic (exact) mass is 236 g/mol. The minimum atomic E-state index is 0.0106. The van der Waals surface area contributed by atoms with Crippen LogP contribution in [0, 0.1) is 0 Å². The maximum atomic E-state index is 11.7. The van der Waals surface area contributed by atoms with Crippen LogP contribution >= 0.6 is 0 Å². The molecule has 0 aromatic heterocycles. The minimum absolute atomic E-state index is 0.0106. The smallest absolute Gasteiger partial charge is 0.188 e. The van der Waals surface area contributed by atoms with Crippen molar-refractivity contribution < 1.29 is 14.3 Å². The number of ketones is 1. The van der Waals surface area contributed by atoms with Gasteiger partial charge in [-0.15, -0.1) is 0 Å². The number of benzene rings is 1. The Hall–Kier alpha value is -1.19. The molecule has 0 unspecified atom stereocenters. The third-order valence-electron chi connectivity index (χ3n) is 2.56. The molecule has 0 N–H and O–H groups in total. The highest BCUT2D eigenvalue weighted by atomic mass is 16.5. The van der Waals surface area contributed by atoms with Crippen molar-refractivity contribution in [1.29, 1.82) is 0 Å². The Bertz CT molecular complexity index is 341. The number of hydrogen-bond donors (Lipinski definition) is 0. The van der Waals surface area contributed by atoms with Gasteiger partial charge in [0, 0.05) is 12.7 Å². The largest absolute Gasteiger partial charge is 0.382 e. The van der Waals surface area contributed by atoms with E-state index in [4.69, 9.17) is 9.47 Å². The summed E-state index contributed by atoms with van der Waals surface area (Å²) in [7, 11) is 1.61. The number of carbonyl (C=O) groups is 1. The molecule has 0 saturated carbocycles. The van der Waals surface area contributed by atoms with E-state index in [1.807, 2.05) is 24.3 Å². The molecular formula is C14H20O3. The highest BCUT2D eigenvalue weighted by Crippen LogP contribution is 2.14. The lowest BCUT2D eigenvalue weighted by Crippen LogP contribution is -2.12. The Labute approximate surface area is 103 Å². The van der Waals surface area contributed by atoms with E-state index >= 15 is 0 Å². The van der Waals surface area contributed by atoms with Gasteiger partial charge in [-0.3, -0.25) is 4.79 Å².